The van der Waals surface area contributed by atoms with Crippen LogP contribution >= 0.6 is 0 Å². The van der Waals surface area contributed by atoms with Crippen molar-refractivity contribution in [3.8, 4) is 0 Å². The average Bonchev–Trinajstić information content (AvgIpc) is 2.32. The Hall–Kier alpha value is -1.18. The van der Waals surface area contributed by atoms with Gasteiger partial charge in [0, 0.05) is 0 Å². The summed E-state index contributed by atoms with van der Waals surface area (Å²) in [6.45, 7) is 2.01. The normalized spacial score (nSPS) is 38.6. The molecular formula is C10H13NO. The fourth-order valence-electron chi connectivity index (χ4n) is 1.43. The Labute approximate surface area is 72.6 Å². The van der Waals surface area contributed by atoms with E-state index in [1.165, 1.54) is 0 Å². The topological polar surface area (TPSA) is 21.3 Å². The molecule has 0 aromatic carbocycles. The summed E-state index contributed by atoms with van der Waals surface area (Å²) >= 11 is 0. The van der Waals surface area contributed by atoms with Gasteiger partial charge in [-0.3, -0.25) is 0 Å². The van der Waals surface area contributed by atoms with Gasteiger partial charge in [0.25, 0.3) is 0 Å². The number of fused-ring (bicyclic) bond motifs is 1. The minimum Gasteiger partial charge on any atom is -0.469 e. The molecule has 1 N–H and O–H groups in total. The molecule has 0 amide bonds. The van der Waals surface area contributed by atoms with Gasteiger partial charge in [0.1, 0.15) is 5.76 Å². The molecular weight excluding hydrogens is 150 g/mol. The average molecular weight is 163 g/mol. The third-order valence-electron chi connectivity index (χ3n) is 1.99. The zero-order chi connectivity index (χ0) is 8.39. The lowest BCUT2D eigenvalue weighted by molar-refractivity contribution is 0.163. The van der Waals surface area contributed by atoms with E-state index in [-0.39, 0.29) is 6.23 Å². The molecule has 1 fully saturated rings. The van der Waals surface area contributed by atoms with E-state index in [0.29, 0.717) is 0 Å². The second kappa shape index (κ2) is 3.05. The highest BCUT2D eigenvalue weighted by atomic mass is 16.5. The number of allylic oxidation sites excluding steroid dienone is 4. The first kappa shape index (κ1) is 7.47. The molecule has 0 aromatic rings. The van der Waals surface area contributed by atoms with Crippen LogP contribution in [0.1, 0.15) is 19.8 Å². The number of hydrogen-bond donors (Lipinski definition) is 1. The van der Waals surface area contributed by atoms with Crippen LogP contribution < -0.4 is 5.32 Å². The summed E-state index contributed by atoms with van der Waals surface area (Å²) in [5.41, 5.74) is 1.11. The number of rotatable bonds is 0. The van der Waals surface area contributed by atoms with Crippen molar-refractivity contribution in [1.29, 1.82) is 0 Å². The van der Waals surface area contributed by atoms with Gasteiger partial charge in [-0.05, 0) is 31.9 Å². The molecule has 1 saturated heterocycles. The van der Waals surface area contributed by atoms with Gasteiger partial charge in [-0.15, -0.1) is 0 Å². The number of hydrogen-bond acceptors (Lipinski definition) is 2. The van der Waals surface area contributed by atoms with Crippen molar-refractivity contribution in [3.63, 3.8) is 0 Å². The molecule has 2 aliphatic rings. The maximum atomic E-state index is 5.55. The lowest BCUT2D eigenvalue weighted by Gasteiger charge is -2.00. The second-order valence-corrected chi connectivity index (χ2v) is 3.06. The van der Waals surface area contributed by atoms with E-state index in [2.05, 4.69) is 29.6 Å². The Balaban J connectivity index is 2.27. The summed E-state index contributed by atoms with van der Waals surface area (Å²) in [7, 11) is 0. The predicted octanol–water partition coefficient (Wildman–Crippen LogP) is 2.07. The molecule has 2 nitrogen and oxygen atoms in total. The van der Waals surface area contributed by atoms with Gasteiger partial charge in [0.05, 0.1) is 5.70 Å². The first-order chi connectivity index (χ1) is 5.86. The lowest BCUT2D eigenvalue weighted by atomic mass is 10.2. The minimum atomic E-state index is 0.119. The van der Waals surface area contributed by atoms with Crippen LogP contribution in [0, 0.1) is 0 Å². The van der Waals surface area contributed by atoms with Gasteiger partial charge in [-0.2, -0.15) is 0 Å². The molecule has 0 aromatic heterocycles. The van der Waals surface area contributed by atoms with E-state index in [4.69, 9.17) is 4.74 Å². The monoisotopic (exact) mass is 163 g/mol. The van der Waals surface area contributed by atoms with Crippen LogP contribution in [-0.2, 0) is 4.74 Å². The van der Waals surface area contributed by atoms with Gasteiger partial charge in [0.15, 0.2) is 6.23 Å². The third-order valence-corrected chi connectivity index (χ3v) is 1.99. The molecule has 0 bridgehead atoms. The number of ether oxygens (including phenoxy) is 1. The van der Waals surface area contributed by atoms with Crippen molar-refractivity contribution < 1.29 is 4.74 Å². The van der Waals surface area contributed by atoms with Crippen LogP contribution in [0.5, 0.6) is 0 Å². The highest BCUT2D eigenvalue weighted by Gasteiger charge is 2.19. The maximum Gasteiger partial charge on any atom is 0.167 e. The Bertz CT molecular complexity index is 263. The van der Waals surface area contributed by atoms with Crippen LogP contribution in [0.3, 0.4) is 0 Å². The third kappa shape index (κ3) is 1.37. The molecule has 0 spiro atoms. The molecule has 1 unspecified atom stereocenters. The van der Waals surface area contributed by atoms with E-state index in [1.54, 1.807) is 0 Å². The summed E-state index contributed by atoms with van der Waals surface area (Å²) in [5.74, 6) is 1.01. The standard InChI is InChI=1S/C10H13NO/c1-8-11-9-6-4-2-3-5-7-10(9)12-8/h2,4,6-8,11H,3,5H2,1H3/b4-2-,9-6+,10-7+. The fraction of sp³-hybridized carbons (Fsp3) is 0.400. The highest BCUT2D eigenvalue weighted by molar-refractivity contribution is 5.32. The molecule has 1 aliphatic carbocycles. The first-order valence-corrected chi connectivity index (χ1v) is 4.37. The summed E-state index contributed by atoms with van der Waals surface area (Å²) in [5, 5.41) is 3.24. The molecule has 1 aliphatic heterocycles. The first-order valence-electron chi connectivity index (χ1n) is 4.37. The Morgan fingerprint density at radius 2 is 2.42 bits per heavy atom. The van der Waals surface area contributed by atoms with E-state index < -0.39 is 0 Å². The molecule has 1 atom stereocenters. The SMILES string of the molecule is CC1NC2=C/C=C\CC/C=C\2O1. The van der Waals surface area contributed by atoms with Gasteiger partial charge in [0.2, 0.25) is 0 Å². The second-order valence-electron chi connectivity index (χ2n) is 3.06. The Kier molecular flexibility index (Phi) is 1.90. The van der Waals surface area contributed by atoms with E-state index in [0.717, 1.165) is 24.3 Å². The molecule has 2 rings (SSSR count). The van der Waals surface area contributed by atoms with Crippen LogP contribution in [0.4, 0.5) is 0 Å². The predicted molar refractivity (Wildman–Crippen MR) is 48.2 cm³/mol. The quantitative estimate of drug-likeness (QED) is 0.590. The van der Waals surface area contributed by atoms with Crippen LogP contribution in [0.15, 0.2) is 35.8 Å². The molecule has 1 heterocycles. The largest absolute Gasteiger partial charge is 0.469 e. The van der Waals surface area contributed by atoms with Crippen LogP contribution in [0.25, 0.3) is 0 Å². The van der Waals surface area contributed by atoms with Crippen molar-refractivity contribution >= 4 is 0 Å². The van der Waals surface area contributed by atoms with Gasteiger partial charge < -0.3 is 10.1 Å². The molecule has 2 heteroatoms. The van der Waals surface area contributed by atoms with Gasteiger partial charge in [-0.1, -0.05) is 12.2 Å². The zero-order valence-electron chi connectivity index (χ0n) is 7.21. The van der Waals surface area contributed by atoms with Gasteiger partial charge >= 0.3 is 0 Å². The molecule has 0 saturated carbocycles. The Morgan fingerprint density at radius 1 is 1.50 bits per heavy atom. The van der Waals surface area contributed by atoms with E-state index in [9.17, 15) is 0 Å². The van der Waals surface area contributed by atoms with Gasteiger partial charge in [-0.25, -0.2) is 0 Å². The minimum absolute atomic E-state index is 0.119. The molecule has 0 radical (unpaired) electrons. The maximum absolute atomic E-state index is 5.55. The summed E-state index contributed by atoms with van der Waals surface area (Å²) < 4.78 is 5.55. The molecule has 64 valence electrons. The van der Waals surface area contributed by atoms with Crippen molar-refractivity contribution in [3.05, 3.63) is 35.8 Å². The smallest absolute Gasteiger partial charge is 0.167 e. The zero-order valence-corrected chi connectivity index (χ0v) is 7.21. The summed E-state index contributed by atoms with van der Waals surface area (Å²) in [4.78, 5) is 0. The van der Waals surface area contributed by atoms with Crippen LogP contribution in [-0.4, -0.2) is 6.23 Å². The fourth-order valence-corrected chi connectivity index (χ4v) is 1.43. The summed E-state index contributed by atoms with van der Waals surface area (Å²) in [6, 6.07) is 0. The van der Waals surface area contributed by atoms with Crippen molar-refractivity contribution in [2.45, 2.75) is 26.0 Å². The van der Waals surface area contributed by atoms with Crippen molar-refractivity contribution in [2.24, 2.45) is 0 Å². The van der Waals surface area contributed by atoms with Crippen molar-refractivity contribution in [2.75, 3.05) is 0 Å². The highest BCUT2D eigenvalue weighted by Crippen LogP contribution is 2.21. The molecule has 12 heavy (non-hydrogen) atoms. The van der Waals surface area contributed by atoms with Crippen molar-refractivity contribution in [1.82, 2.24) is 5.32 Å². The summed E-state index contributed by atoms with van der Waals surface area (Å²) in [6.07, 6.45) is 10.7. The Morgan fingerprint density at radius 3 is 3.33 bits per heavy atom. The van der Waals surface area contributed by atoms with E-state index >= 15 is 0 Å². The van der Waals surface area contributed by atoms with Crippen LogP contribution in [0.2, 0.25) is 0 Å². The number of nitrogens with one attached hydrogen (secondary N) is 1. The van der Waals surface area contributed by atoms with E-state index in [1.807, 2.05) is 6.92 Å². The lowest BCUT2D eigenvalue weighted by Crippen LogP contribution is -2.16.